The molecule has 150 valence electrons. The first-order valence-electron chi connectivity index (χ1n) is 8.19. The molecule has 0 rings (SSSR count). The molecule has 0 bridgehead atoms. The summed E-state index contributed by atoms with van der Waals surface area (Å²) < 4.78 is 0. The Morgan fingerprint density at radius 1 is 1.08 bits per heavy atom. The first kappa shape index (κ1) is 24.1. The summed E-state index contributed by atoms with van der Waals surface area (Å²) in [4.78, 5) is 47.0. The van der Waals surface area contributed by atoms with Crippen LogP contribution in [0.1, 0.15) is 27.2 Å². The van der Waals surface area contributed by atoms with E-state index in [0.717, 1.165) is 0 Å². The smallest absolute Gasteiger partial charge is 0.326 e. The molecule has 0 spiro atoms. The van der Waals surface area contributed by atoms with Gasteiger partial charge in [-0.3, -0.25) is 14.4 Å². The van der Waals surface area contributed by atoms with Crippen LogP contribution < -0.4 is 21.7 Å². The number of hydrogen-bond acceptors (Lipinski definition) is 7. The summed E-state index contributed by atoms with van der Waals surface area (Å²) in [5.41, 5.74) is 5.45. The monoisotopic (exact) mass is 392 g/mol. The zero-order chi connectivity index (χ0) is 20.4. The van der Waals surface area contributed by atoms with Gasteiger partial charge in [0, 0.05) is 5.75 Å². The van der Waals surface area contributed by atoms with Crippen molar-refractivity contribution in [1.29, 1.82) is 0 Å². The second-order valence-corrected chi connectivity index (χ2v) is 6.37. The third-order valence-electron chi connectivity index (χ3n) is 3.81. The Labute approximate surface area is 157 Å². The number of carbonyl (C=O) groups excluding carboxylic acids is 3. The molecule has 3 amide bonds. The molecule has 0 aliphatic heterocycles. The van der Waals surface area contributed by atoms with Crippen molar-refractivity contribution < 1.29 is 29.4 Å². The maximum atomic E-state index is 12.3. The molecular formula is C15H28N4O6S. The summed E-state index contributed by atoms with van der Waals surface area (Å²) >= 11 is 3.86. The van der Waals surface area contributed by atoms with Crippen LogP contribution in [0, 0.1) is 5.92 Å². The van der Waals surface area contributed by atoms with Gasteiger partial charge in [0.25, 0.3) is 0 Å². The predicted molar refractivity (Wildman–Crippen MR) is 97.5 cm³/mol. The second kappa shape index (κ2) is 11.7. The highest BCUT2D eigenvalue weighted by atomic mass is 32.1. The highest BCUT2D eigenvalue weighted by Crippen LogP contribution is 2.08. The Morgan fingerprint density at radius 3 is 2.08 bits per heavy atom. The highest BCUT2D eigenvalue weighted by Gasteiger charge is 2.31. The lowest BCUT2D eigenvalue weighted by Gasteiger charge is -2.25. The first-order chi connectivity index (χ1) is 12.0. The van der Waals surface area contributed by atoms with Gasteiger partial charge in [-0.1, -0.05) is 20.3 Å². The van der Waals surface area contributed by atoms with Crippen molar-refractivity contribution in [3.8, 4) is 0 Å². The summed E-state index contributed by atoms with van der Waals surface area (Å²) in [7, 11) is 0. The Hall–Kier alpha value is -1.85. The molecular weight excluding hydrogens is 364 g/mol. The summed E-state index contributed by atoms with van der Waals surface area (Å²) in [6, 6.07) is -3.41. The molecule has 5 unspecified atom stereocenters. The number of aliphatic hydroxyl groups is 1. The minimum absolute atomic E-state index is 0.0956. The van der Waals surface area contributed by atoms with Gasteiger partial charge in [-0.15, -0.1) is 0 Å². The quantitative estimate of drug-likeness (QED) is 0.196. The Morgan fingerprint density at radius 2 is 1.65 bits per heavy atom. The number of carboxylic acids is 1. The topological polar surface area (TPSA) is 171 Å². The number of aliphatic carboxylic acids is 1. The zero-order valence-electron chi connectivity index (χ0n) is 15.1. The fourth-order valence-corrected chi connectivity index (χ4v) is 2.10. The fraction of sp³-hybridized carbons (Fsp3) is 0.733. The SMILES string of the molecule is CCC(C)C(NC(=O)C(NC(=O)CNC(=O)C(N)CS)C(C)O)C(=O)O. The number of rotatable bonds is 11. The van der Waals surface area contributed by atoms with E-state index < -0.39 is 54.5 Å². The van der Waals surface area contributed by atoms with Gasteiger partial charge in [0.05, 0.1) is 18.7 Å². The third-order valence-corrected chi connectivity index (χ3v) is 4.21. The van der Waals surface area contributed by atoms with E-state index in [-0.39, 0.29) is 11.7 Å². The van der Waals surface area contributed by atoms with Gasteiger partial charge >= 0.3 is 5.97 Å². The van der Waals surface area contributed by atoms with Crippen LogP contribution in [0.3, 0.4) is 0 Å². The van der Waals surface area contributed by atoms with Crippen molar-refractivity contribution in [3.63, 3.8) is 0 Å². The van der Waals surface area contributed by atoms with Gasteiger partial charge in [-0.05, 0) is 12.8 Å². The lowest BCUT2D eigenvalue weighted by molar-refractivity contribution is -0.144. The van der Waals surface area contributed by atoms with Gasteiger partial charge in [-0.2, -0.15) is 12.6 Å². The number of carboxylic acid groups (broad SMARTS) is 1. The fourth-order valence-electron chi connectivity index (χ4n) is 1.94. The zero-order valence-corrected chi connectivity index (χ0v) is 16.0. The number of nitrogens with one attached hydrogen (secondary N) is 3. The molecule has 0 aliphatic carbocycles. The number of hydrogen-bond donors (Lipinski definition) is 7. The molecule has 0 aromatic rings. The van der Waals surface area contributed by atoms with Crippen LogP contribution in [0.15, 0.2) is 0 Å². The van der Waals surface area contributed by atoms with Gasteiger partial charge in [0.15, 0.2) is 0 Å². The van der Waals surface area contributed by atoms with Crippen molar-refractivity contribution >= 4 is 36.3 Å². The standard InChI is InChI=1S/C15H28N4O6S/c1-4-7(2)11(15(24)25)19-14(23)12(8(3)20)18-10(21)5-17-13(22)9(16)6-26/h7-9,11-12,20,26H,4-6,16H2,1-3H3,(H,17,22)(H,18,21)(H,19,23)(H,24,25). The molecule has 0 aliphatic rings. The molecule has 5 atom stereocenters. The predicted octanol–water partition coefficient (Wildman–Crippen LogP) is -2.16. The van der Waals surface area contributed by atoms with Gasteiger partial charge in [0.1, 0.15) is 12.1 Å². The van der Waals surface area contributed by atoms with Crippen LogP contribution in [0.2, 0.25) is 0 Å². The number of amides is 3. The molecule has 0 fully saturated rings. The minimum Gasteiger partial charge on any atom is -0.480 e. The van der Waals surface area contributed by atoms with Gasteiger partial charge in [-0.25, -0.2) is 4.79 Å². The van der Waals surface area contributed by atoms with Crippen molar-refractivity contribution in [2.24, 2.45) is 11.7 Å². The molecule has 7 N–H and O–H groups in total. The van der Waals surface area contributed by atoms with Crippen LogP contribution >= 0.6 is 12.6 Å². The van der Waals surface area contributed by atoms with E-state index in [2.05, 4.69) is 28.6 Å². The first-order valence-corrected chi connectivity index (χ1v) is 8.83. The number of nitrogens with two attached hydrogens (primary N) is 1. The van der Waals surface area contributed by atoms with Crippen molar-refractivity contribution in [1.82, 2.24) is 16.0 Å². The summed E-state index contributed by atoms with van der Waals surface area (Å²) in [5.74, 6) is -3.62. The molecule has 0 heterocycles. The lowest BCUT2D eigenvalue weighted by Crippen LogP contribution is -2.58. The van der Waals surface area contributed by atoms with Crippen LogP contribution in [0.25, 0.3) is 0 Å². The molecule has 0 aromatic carbocycles. The highest BCUT2D eigenvalue weighted by molar-refractivity contribution is 7.80. The molecule has 11 heteroatoms. The van der Waals surface area contributed by atoms with E-state index in [1.54, 1.807) is 13.8 Å². The van der Waals surface area contributed by atoms with Crippen molar-refractivity contribution in [2.75, 3.05) is 12.3 Å². The van der Waals surface area contributed by atoms with E-state index in [1.165, 1.54) is 6.92 Å². The second-order valence-electron chi connectivity index (χ2n) is 6.00. The van der Waals surface area contributed by atoms with E-state index >= 15 is 0 Å². The Bertz CT molecular complexity index is 516. The van der Waals surface area contributed by atoms with E-state index in [9.17, 15) is 29.4 Å². The molecule has 26 heavy (non-hydrogen) atoms. The van der Waals surface area contributed by atoms with Crippen molar-refractivity contribution in [2.45, 2.75) is 51.4 Å². The summed E-state index contributed by atoms with van der Waals surface area (Å²) in [6.07, 6.45) is -0.763. The number of thiol groups is 1. The average molecular weight is 392 g/mol. The normalized spacial score (nSPS) is 16.5. The maximum absolute atomic E-state index is 12.3. The number of carbonyl (C=O) groups is 4. The maximum Gasteiger partial charge on any atom is 0.326 e. The Kier molecular flexibility index (Phi) is 10.9. The minimum atomic E-state index is -1.37. The van der Waals surface area contributed by atoms with E-state index in [1.807, 2.05) is 0 Å². The van der Waals surface area contributed by atoms with Crippen LogP contribution in [0.4, 0.5) is 0 Å². The molecule has 10 nitrogen and oxygen atoms in total. The average Bonchev–Trinajstić information content (AvgIpc) is 2.59. The molecule has 0 saturated carbocycles. The number of aliphatic hydroxyl groups excluding tert-OH is 1. The lowest BCUT2D eigenvalue weighted by atomic mass is 9.98. The van der Waals surface area contributed by atoms with Gasteiger partial charge < -0.3 is 31.9 Å². The van der Waals surface area contributed by atoms with E-state index in [0.29, 0.717) is 6.42 Å². The molecule has 0 saturated heterocycles. The summed E-state index contributed by atoms with van der Waals surface area (Å²) in [6.45, 7) is 4.26. The third kappa shape index (κ3) is 8.02. The van der Waals surface area contributed by atoms with E-state index in [4.69, 9.17) is 5.73 Å². The van der Waals surface area contributed by atoms with Crippen LogP contribution in [0.5, 0.6) is 0 Å². The molecule has 0 aromatic heterocycles. The van der Waals surface area contributed by atoms with Crippen LogP contribution in [-0.2, 0) is 19.2 Å². The molecule has 0 radical (unpaired) electrons. The Balaban J connectivity index is 4.86. The van der Waals surface area contributed by atoms with Crippen molar-refractivity contribution in [3.05, 3.63) is 0 Å². The van der Waals surface area contributed by atoms with Crippen LogP contribution in [-0.4, -0.2) is 70.4 Å². The largest absolute Gasteiger partial charge is 0.480 e. The van der Waals surface area contributed by atoms with Gasteiger partial charge in [0.2, 0.25) is 17.7 Å². The summed E-state index contributed by atoms with van der Waals surface area (Å²) in [5, 5.41) is 25.8.